The molecule has 0 saturated carbocycles. The van der Waals surface area contributed by atoms with E-state index < -0.39 is 5.66 Å². The average molecular weight is 256 g/mol. The number of ether oxygens (including phenoxy) is 2. The summed E-state index contributed by atoms with van der Waals surface area (Å²) in [5, 5.41) is 8.00. The molecule has 2 aliphatic rings. The maximum Gasteiger partial charge on any atom is 0.275 e. The molecule has 2 heterocycles. The Hall–Kier alpha value is -2.19. The van der Waals surface area contributed by atoms with Gasteiger partial charge in [0.2, 0.25) is 0 Å². The van der Waals surface area contributed by atoms with E-state index in [1.165, 1.54) is 6.92 Å². The lowest BCUT2D eigenvalue weighted by molar-refractivity contribution is 0.100. The van der Waals surface area contributed by atoms with Crippen LogP contribution in [0.5, 0.6) is 5.75 Å². The molecule has 5 heteroatoms. The van der Waals surface area contributed by atoms with E-state index in [0.717, 1.165) is 5.56 Å². The van der Waals surface area contributed by atoms with Crippen LogP contribution < -0.4 is 4.74 Å². The highest BCUT2D eigenvalue weighted by Crippen LogP contribution is 2.40. The first-order chi connectivity index (χ1) is 9.21. The second kappa shape index (κ2) is 4.48. The molecular weight excluding hydrogens is 244 g/mol. The van der Waals surface area contributed by atoms with Crippen LogP contribution in [-0.2, 0) is 10.4 Å². The smallest absolute Gasteiger partial charge is 0.275 e. The standard InChI is InChI=1S/C14H12N2O3/c1-10(17)12-4-3-11-9-13(12)19-8-7-18-6-2-5-14(11)15-16-14/h3-4,9H,6-8H2,1H3. The predicted octanol–water partition coefficient (Wildman–Crippen LogP) is 1.92. The van der Waals surface area contributed by atoms with Crippen molar-refractivity contribution in [3.05, 3.63) is 29.3 Å². The summed E-state index contributed by atoms with van der Waals surface area (Å²) in [5.41, 5.74) is 0.579. The highest BCUT2D eigenvalue weighted by Gasteiger charge is 2.41. The van der Waals surface area contributed by atoms with E-state index >= 15 is 0 Å². The third-order valence-electron chi connectivity index (χ3n) is 2.99. The molecule has 2 bridgehead atoms. The summed E-state index contributed by atoms with van der Waals surface area (Å²) >= 11 is 0. The van der Waals surface area contributed by atoms with Crippen LogP contribution in [-0.4, -0.2) is 25.6 Å². The molecule has 0 unspecified atom stereocenters. The molecule has 19 heavy (non-hydrogen) atoms. The molecule has 0 aromatic heterocycles. The quantitative estimate of drug-likeness (QED) is 0.569. The topological polar surface area (TPSA) is 60.2 Å². The van der Waals surface area contributed by atoms with Gasteiger partial charge in [0.05, 0.1) is 12.2 Å². The third-order valence-corrected chi connectivity index (χ3v) is 2.99. The van der Waals surface area contributed by atoms with Crippen molar-refractivity contribution < 1.29 is 14.3 Å². The van der Waals surface area contributed by atoms with E-state index in [0.29, 0.717) is 31.1 Å². The van der Waals surface area contributed by atoms with Crippen LogP contribution in [0.4, 0.5) is 0 Å². The van der Waals surface area contributed by atoms with Gasteiger partial charge in [-0.25, -0.2) is 0 Å². The van der Waals surface area contributed by atoms with Gasteiger partial charge in [0.25, 0.3) is 5.66 Å². The maximum atomic E-state index is 11.6. The highest BCUT2D eigenvalue weighted by molar-refractivity contribution is 5.97. The fourth-order valence-corrected chi connectivity index (χ4v) is 1.93. The molecule has 0 atom stereocenters. The molecule has 0 aliphatic carbocycles. The second-order valence-corrected chi connectivity index (χ2v) is 4.34. The summed E-state index contributed by atoms with van der Waals surface area (Å²) in [6.45, 7) is 2.65. The molecule has 96 valence electrons. The monoisotopic (exact) mass is 256 g/mol. The van der Waals surface area contributed by atoms with Crippen molar-refractivity contribution in [2.75, 3.05) is 19.8 Å². The van der Waals surface area contributed by atoms with Gasteiger partial charge < -0.3 is 9.47 Å². The van der Waals surface area contributed by atoms with E-state index in [1.807, 2.05) is 6.07 Å². The number of benzene rings is 1. The maximum absolute atomic E-state index is 11.6. The Morgan fingerprint density at radius 3 is 2.95 bits per heavy atom. The normalized spacial score (nSPS) is 18.8. The number of rotatable bonds is 1. The van der Waals surface area contributed by atoms with Gasteiger partial charge in [0.1, 0.15) is 19.0 Å². The molecule has 1 spiro atoms. The van der Waals surface area contributed by atoms with Gasteiger partial charge in [-0.3, -0.25) is 4.79 Å². The van der Waals surface area contributed by atoms with Gasteiger partial charge in [-0.2, -0.15) is 0 Å². The molecule has 0 radical (unpaired) electrons. The molecule has 5 nitrogen and oxygen atoms in total. The van der Waals surface area contributed by atoms with Crippen molar-refractivity contribution in [3.8, 4) is 17.6 Å². The minimum absolute atomic E-state index is 0.0397. The summed E-state index contributed by atoms with van der Waals surface area (Å²) in [5.74, 6) is 6.37. The van der Waals surface area contributed by atoms with Crippen LogP contribution in [0.15, 0.2) is 28.4 Å². The van der Waals surface area contributed by atoms with Crippen LogP contribution in [0.25, 0.3) is 0 Å². The number of carbonyl (C=O) groups excluding carboxylic acids is 1. The Kier molecular flexibility index (Phi) is 2.80. The number of nitrogens with zero attached hydrogens (tertiary/aromatic N) is 2. The van der Waals surface area contributed by atoms with Crippen molar-refractivity contribution in [2.45, 2.75) is 12.6 Å². The minimum Gasteiger partial charge on any atom is -0.490 e. The minimum atomic E-state index is -0.791. The summed E-state index contributed by atoms with van der Waals surface area (Å²) < 4.78 is 10.9. The zero-order chi connectivity index (χ0) is 13.3. The van der Waals surface area contributed by atoms with Gasteiger partial charge in [0, 0.05) is 5.56 Å². The van der Waals surface area contributed by atoms with E-state index in [-0.39, 0.29) is 5.78 Å². The van der Waals surface area contributed by atoms with Crippen molar-refractivity contribution >= 4 is 5.78 Å². The highest BCUT2D eigenvalue weighted by atomic mass is 16.5. The Morgan fingerprint density at radius 2 is 2.21 bits per heavy atom. The Balaban J connectivity index is 2.05. The fourth-order valence-electron chi connectivity index (χ4n) is 1.93. The predicted molar refractivity (Wildman–Crippen MR) is 67.1 cm³/mol. The van der Waals surface area contributed by atoms with Crippen molar-refractivity contribution in [3.63, 3.8) is 0 Å². The van der Waals surface area contributed by atoms with Crippen LogP contribution in [0.1, 0.15) is 22.8 Å². The van der Waals surface area contributed by atoms with Gasteiger partial charge in [-0.1, -0.05) is 12.0 Å². The van der Waals surface area contributed by atoms with E-state index in [1.54, 1.807) is 12.1 Å². The first-order valence-corrected chi connectivity index (χ1v) is 6.01. The third kappa shape index (κ3) is 2.23. The Morgan fingerprint density at radius 1 is 1.37 bits per heavy atom. The summed E-state index contributed by atoms with van der Waals surface area (Å²) in [7, 11) is 0. The largest absolute Gasteiger partial charge is 0.490 e. The first kappa shape index (κ1) is 11.9. The molecule has 3 rings (SSSR count). The van der Waals surface area contributed by atoms with Crippen LogP contribution in [0, 0.1) is 11.8 Å². The summed E-state index contributed by atoms with van der Waals surface area (Å²) in [6, 6.07) is 5.34. The van der Waals surface area contributed by atoms with Gasteiger partial charge >= 0.3 is 0 Å². The van der Waals surface area contributed by atoms with Crippen LogP contribution in [0.3, 0.4) is 0 Å². The van der Waals surface area contributed by atoms with Crippen molar-refractivity contribution in [1.82, 2.24) is 0 Å². The number of fused-ring (bicyclic) bond motifs is 3. The second-order valence-electron chi connectivity index (χ2n) is 4.34. The number of carbonyl (C=O) groups is 1. The van der Waals surface area contributed by atoms with Gasteiger partial charge in [-0.05, 0) is 25.0 Å². The van der Waals surface area contributed by atoms with Crippen LogP contribution in [0.2, 0.25) is 0 Å². The molecule has 1 aromatic carbocycles. The molecule has 0 saturated heterocycles. The summed E-state index contributed by atoms with van der Waals surface area (Å²) in [4.78, 5) is 11.6. The zero-order valence-corrected chi connectivity index (χ0v) is 10.5. The molecule has 0 fully saturated rings. The summed E-state index contributed by atoms with van der Waals surface area (Å²) in [6.07, 6.45) is 0. The van der Waals surface area contributed by atoms with Crippen molar-refractivity contribution in [2.24, 2.45) is 10.2 Å². The molecule has 0 N–H and O–H groups in total. The lowest BCUT2D eigenvalue weighted by Crippen LogP contribution is -2.10. The van der Waals surface area contributed by atoms with Crippen LogP contribution >= 0.6 is 0 Å². The SMILES string of the molecule is CC(=O)c1ccc2cc1OCCOCC#CC21N=N1. The Labute approximate surface area is 110 Å². The number of hydrogen-bond acceptors (Lipinski definition) is 5. The lowest BCUT2D eigenvalue weighted by Gasteiger charge is -2.12. The van der Waals surface area contributed by atoms with Gasteiger partial charge in [0.15, 0.2) is 5.78 Å². The van der Waals surface area contributed by atoms with E-state index in [2.05, 4.69) is 22.1 Å². The van der Waals surface area contributed by atoms with E-state index in [9.17, 15) is 4.79 Å². The number of ketones is 1. The lowest BCUT2D eigenvalue weighted by atomic mass is 10.00. The fraction of sp³-hybridized carbons (Fsp3) is 0.357. The number of Topliss-reactive ketones (excluding diaryl/α,β-unsaturated/α-hetero) is 1. The Bertz CT molecular complexity index is 619. The molecule has 0 amide bonds. The van der Waals surface area contributed by atoms with E-state index in [4.69, 9.17) is 9.47 Å². The first-order valence-electron chi connectivity index (χ1n) is 6.01. The van der Waals surface area contributed by atoms with Crippen molar-refractivity contribution in [1.29, 1.82) is 0 Å². The number of hydrogen-bond donors (Lipinski definition) is 0. The molecular formula is C14H12N2O3. The molecule has 1 aromatic rings. The van der Waals surface area contributed by atoms with Gasteiger partial charge in [-0.15, -0.1) is 10.2 Å². The zero-order valence-electron chi connectivity index (χ0n) is 10.5. The average Bonchev–Trinajstić information content (AvgIpc) is 3.18. The molecule has 2 aliphatic heterocycles.